The summed E-state index contributed by atoms with van der Waals surface area (Å²) in [5, 5.41) is 10.3. The SMILES string of the molecule is OCCN1CCN(c2nc(N3CCCCC3)c3ccccc3n2)CC1. The monoisotopic (exact) mass is 341 g/mol. The fourth-order valence-corrected chi connectivity index (χ4v) is 3.85. The van der Waals surface area contributed by atoms with Crippen molar-refractivity contribution >= 4 is 22.7 Å². The Kier molecular flexibility index (Phi) is 4.99. The van der Waals surface area contributed by atoms with Crippen molar-refractivity contribution in [3.63, 3.8) is 0 Å². The largest absolute Gasteiger partial charge is 0.395 e. The quantitative estimate of drug-likeness (QED) is 0.914. The summed E-state index contributed by atoms with van der Waals surface area (Å²) < 4.78 is 0. The van der Waals surface area contributed by atoms with E-state index in [0.717, 1.165) is 68.5 Å². The molecule has 2 aliphatic rings. The molecule has 0 saturated carbocycles. The highest BCUT2D eigenvalue weighted by atomic mass is 16.3. The minimum Gasteiger partial charge on any atom is -0.395 e. The van der Waals surface area contributed by atoms with Gasteiger partial charge in [-0.25, -0.2) is 4.98 Å². The number of rotatable bonds is 4. The van der Waals surface area contributed by atoms with E-state index < -0.39 is 0 Å². The summed E-state index contributed by atoms with van der Waals surface area (Å²) in [5.74, 6) is 1.95. The van der Waals surface area contributed by atoms with E-state index in [1.54, 1.807) is 0 Å². The van der Waals surface area contributed by atoms with Crippen LogP contribution in [0.1, 0.15) is 19.3 Å². The fourth-order valence-electron chi connectivity index (χ4n) is 3.85. The van der Waals surface area contributed by atoms with Gasteiger partial charge in [0.2, 0.25) is 5.95 Å². The number of piperidine rings is 1. The Morgan fingerprint density at radius 1 is 0.840 bits per heavy atom. The van der Waals surface area contributed by atoms with Crippen molar-refractivity contribution in [3.05, 3.63) is 24.3 Å². The maximum atomic E-state index is 9.11. The van der Waals surface area contributed by atoms with Crippen molar-refractivity contribution in [1.29, 1.82) is 0 Å². The maximum Gasteiger partial charge on any atom is 0.227 e. The van der Waals surface area contributed by atoms with Gasteiger partial charge < -0.3 is 14.9 Å². The van der Waals surface area contributed by atoms with Crippen molar-refractivity contribution in [2.45, 2.75) is 19.3 Å². The second-order valence-corrected chi connectivity index (χ2v) is 6.96. The van der Waals surface area contributed by atoms with Crippen molar-refractivity contribution in [1.82, 2.24) is 14.9 Å². The molecule has 2 aromatic rings. The van der Waals surface area contributed by atoms with Gasteiger partial charge in [0, 0.05) is 51.2 Å². The van der Waals surface area contributed by atoms with E-state index >= 15 is 0 Å². The fraction of sp³-hybridized carbons (Fsp3) is 0.579. The predicted molar refractivity (Wildman–Crippen MR) is 101 cm³/mol. The number of nitrogens with zero attached hydrogens (tertiary/aromatic N) is 5. The van der Waals surface area contributed by atoms with Crippen molar-refractivity contribution < 1.29 is 5.11 Å². The number of fused-ring (bicyclic) bond motifs is 1. The Bertz CT molecular complexity index is 708. The molecule has 0 amide bonds. The van der Waals surface area contributed by atoms with Gasteiger partial charge in [-0.1, -0.05) is 12.1 Å². The van der Waals surface area contributed by atoms with Crippen LogP contribution < -0.4 is 9.80 Å². The number of anilines is 2. The molecule has 1 aromatic carbocycles. The van der Waals surface area contributed by atoms with Gasteiger partial charge in [-0.2, -0.15) is 4.98 Å². The molecule has 2 saturated heterocycles. The van der Waals surface area contributed by atoms with Crippen LogP contribution in [0.4, 0.5) is 11.8 Å². The Balaban J connectivity index is 1.63. The summed E-state index contributed by atoms with van der Waals surface area (Å²) in [6.45, 7) is 6.90. The van der Waals surface area contributed by atoms with Gasteiger partial charge >= 0.3 is 0 Å². The zero-order chi connectivity index (χ0) is 17.1. The average molecular weight is 341 g/mol. The van der Waals surface area contributed by atoms with E-state index in [1.807, 2.05) is 0 Å². The first kappa shape index (κ1) is 16.5. The van der Waals surface area contributed by atoms with Crippen LogP contribution in [0.5, 0.6) is 0 Å². The van der Waals surface area contributed by atoms with Crippen molar-refractivity contribution in [2.24, 2.45) is 0 Å². The summed E-state index contributed by atoms with van der Waals surface area (Å²) in [5.41, 5.74) is 1.03. The highest BCUT2D eigenvalue weighted by Gasteiger charge is 2.22. The van der Waals surface area contributed by atoms with Gasteiger partial charge in [0.25, 0.3) is 0 Å². The first-order chi connectivity index (χ1) is 12.3. The van der Waals surface area contributed by atoms with Crippen LogP contribution >= 0.6 is 0 Å². The molecule has 4 rings (SSSR count). The van der Waals surface area contributed by atoms with Gasteiger partial charge in [-0.3, -0.25) is 4.90 Å². The molecule has 0 spiro atoms. The Hall–Kier alpha value is -1.92. The van der Waals surface area contributed by atoms with Crippen molar-refractivity contribution in [3.8, 4) is 0 Å². The van der Waals surface area contributed by atoms with E-state index in [0.29, 0.717) is 0 Å². The molecule has 0 atom stereocenters. The minimum absolute atomic E-state index is 0.228. The summed E-state index contributed by atoms with van der Waals surface area (Å²) >= 11 is 0. The standard InChI is InChI=1S/C19H27N5O/c25-15-14-22-10-12-24(13-11-22)19-20-17-7-3-2-6-16(17)18(21-19)23-8-4-1-5-9-23/h2-3,6-7,25H,1,4-5,8-15H2. The molecule has 0 aliphatic carbocycles. The van der Waals surface area contributed by atoms with E-state index in [4.69, 9.17) is 15.1 Å². The van der Waals surface area contributed by atoms with Gasteiger partial charge in [0.15, 0.2) is 0 Å². The molecule has 0 bridgehead atoms. The van der Waals surface area contributed by atoms with Crippen LogP contribution in [0.2, 0.25) is 0 Å². The van der Waals surface area contributed by atoms with E-state index in [2.05, 4.69) is 39.0 Å². The van der Waals surface area contributed by atoms with Gasteiger partial charge in [0.1, 0.15) is 5.82 Å². The number of hydrogen-bond donors (Lipinski definition) is 1. The lowest BCUT2D eigenvalue weighted by Gasteiger charge is -2.35. The third-order valence-electron chi connectivity index (χ3n) is 5.30. The molecule has 2 aliphatic heterocycles. The zero-order valence-corrected chi connectivity index (χ0v) is 14.8. The van der Waals surface area contributed by atoms with Crippen LogP contribution in [0.3, 0.4) is 0 Å². The van der Waals surface area contributed by atoms with E-state index in [9.17, 15) is 0 Å². The summed E-state index contributed by atoms with van der Waals surface area (Å²) in [6.07, 6.45) is 3.81. The number of hydrogen-bond acceptors (Lipinski definition) is 6. The lowest BCUT2D eigenvalue weighted by Crippen LogP contribution is -2.47. The van der Waals surface area contributed by atoms with E-state index in [1.165, 1.54) is 19.3 Å². The first-order valence-electron chi connectivity index (χ1n) is 9.45. The molecule has 2 fully saturated rings. The predicted octanol–water partition coefficient (Wildman–Crippen LogP) is 1.73. The molecule has 3 heterocycles. The Morgan fingerprint density at radius 3 is 2.36 bits per heavy atom. The van der Waals surface area contributed by atoms with Crippen molar-refractivity contribution in [2.75, 3.05) is 62.2 Å². The topological polar surface area (TPSA) is 55.7 Å². The highest BCUT2D eigenvalue weighted by Crippen LogP contribution is 2.28. The normalized spacial score (nSPS) is 19.6. The number of piperazine rings is 1. The molecular formula is C19H27N5O. The van der Waals surface area contributed by atoms with Crippen LogP contribution in [0.25, 0.3) is 10.9 Å². The number of benzene rings is 1. The zero-order valence-electron chi connectivity index (χ0n) is 14.8. The number of β-amino-alcohol motifs (C(OH)–C–C–N with tert-alkyl or cyclic N) is 1. The Morgan fingerprint density at radius 2 is 1.60 bits per heavy atom. The second-order valence-electron chi connectivity index (χ2n) is 6.96. The Labute approximate surface area is 149 Å². The molecule has 0 unspecified atom stereocenters. The molecule has 6 nitrogen and oxygen atoms in total. The van der Waals surface area contributed by atoms with Crippen LogP contribution in [0.15, 0.2) is 24.3 Å². The van der Waals surface area contributed by atoms with Crippen LogP contribution in [-0.2, 0) is 0 Å². The van der Waals surface area contributed by atoms with Gasteiger partial charge in [-0.15, -0.1) is 0 Å². The molecule has 6 heteroatoms. The van der Waals surface area contributed by atoms with Crippen LogP contribution in [0, 0.1) is 0 Å². The average Bonchev–Trinajstić information content (AvgIpc) is 2.69. The van der Waals surface area contributed by atoms with Gasteiger partial charge in [-0.05, 0) is 31.4 Å². The molecule has 134 valence electrons. The second kappa shape index (κ2) is 7.54. The molecule has 0 radical (unpaired) electrons. The third-order valence-corrected chi connectivity index (χ3v) is 5.30. The maximum absolute atomic E-state index is 9.11. The lowest BCUT2D eigenvalue weighted by atomic mass is 10.1. The number of para-hydroxylation sites is 1. The number of aromatic nitrogens is 2. The lowest BCUT2D eigenvalue weighted by molar-refractivity contribution is 0.188. The number of aliphatic hydroxyl groups excluding tert-OH is 1. The molecule has 25 heavy (non-hydrogen) atoms. The summed E-state index contributed by atoms with van der Waals surface area (Å²) in [7, 11) is 0. The smallest absolute Gasteiger partial charge is 0.227 e. The molecular weight excluding hydrogens is 314 g/mol. The summed E-state index contributed by atoms with van der Waals surface area (Å²) in [6, 6.07) is 8.36. The number of aliphatic hydroxyl groups is 1. The minimum atomic E-state index is 0.228. The third kappa shape index (κ3) is 3.55. The first-order valence-corrected chi connectivity index (χ1v) is 9.45. The summed E-state index contributed by atoms with van der Waals surface area (Å²) in [4.78, 5) is 16.8. The highest BCUT2D eigenvalue weighted by molar-refractivity contribution is 5.90. The van der Waals surface area contributed by atoms with E-state index in [-0.39, 0.29) is 6.61 Å². The van der Waals surface area contributed by atoms with Gasteiger partial charge in [0.05, 0.1) is 12.1 Å². The molecule has 1 N–H and O–H groups in total. The van der Waals surface area contributed by atoms with Crippen LogP contribution in [-0.4, -0.2) is 72.4 Å². The molecule has 1 aromatic heterocycles.